The van der Waals surface area contributed by atoms with Crippen LogP contribution in [-0.2, 0) is 10.9 Å². The maximum atomic E-state index is 12.9. The highest BCUT2D eigenvalue weighted by Gasteiger charge is 2.32. The monoisotopic (exact) mass is 405 g/mol. The number of anilines is 1. The van der Waals surface area contributed by atoms with Crippen molar-refractivity contribution in [3.8, 4) is 17.0 Å². The van der Waals surface area contributed by atoms with Crippen LogP contribution < -0.4 is 4.90 Å². The Hall–Kier alpha value is -3.01. The van der Waals surface area contributed by atoms with Crippen LogP contribution in [0.25, 0.3) is 22.0 Å². The van der Waals surface area contributed by atoms with Crippen molar-refractivity contribution >= 4 is 16.6 Å². The first-order valence-corrected chi connectivity index (χ1v) is 9.02. The van der Waals surface area contributed by atoms with E-state index in [4.69, 9.17) is 4.74 Å². The van der Waals surface area contributed by atoms with Crippen LogP contribution in [0.5, 0.6) is 5.75 Å². The Balaban J connectivity index is 1.82. The maximum absolute atomic E-state index is 12.9. The highest BCUT2D eigenvalue weighted by atomic mass is 19.4. The summed E-state index contributed by atoms with van der Waals surface area (Å²) in [6.07, 6.45) is -1.54. The van der Waals surface area contributed by atoms with Gasteiger partial charge < -0.3 is 14.7 Å². The molecule has 0 bridgehead atoms. The number of alkyl halides is 3. The van der Waals surface area contributed by atoms with Gasteiger partial charge in [-0.25, -0.2) is 0 Å². The average molecular weight is 405 g/mol. The second-order valence-electron chi connectivity index (χ2n) is 7.08. The molecule has 152 valence electrons. The Morgan fingerprint density at radius 1 is 1.03 bits per heavy atom. The standard InChI is InChI=1S/C19H18F3N5O2/c1-10-8-27(9-11(2)29-10)18-15-7-24-23-6-14(15)17(25-26-18)13-4-3-12(5-16(13)28)19(20,21)22/h3-7,10-11,28H,8-9H2,1-2H3. The SMILES string of the molecule is CC1CN(c2nnc(-c3ccc(C(F)(F)F)cc3O)c3cnncc23)CC(C)O1. The van der Waals surface area contributed by atoms with Crippen molar-refractivity contribution < 1.29 is 23.0 Å². The van der Waals surface area contributed by atoms with Crippen molar-refractivity contribution in [3.05, 3.63) is 36.2 Å². The van der Waals surface area contributed by atoms with E-state index in [-0.39, 0.29) is 23.5 Å². The van der Waals surface area contributed by atoms with Crippen molar-refractivity contribution in [2.24, 2.45) is 0 Å². The first-order chi connectivity index (χ1) is 13.7. The van der Waals surface area contributed by atoms with Crippen LogP contribution in [0, 0.1) is 0 Å². The van der Waals surface area contributed by atoms with Crippen LogP contribution >= 0.6 is 0 Å². The summed E-state index contributed by atoms with van der Waals surface area (Å²) in [7, 11) is 0. The lowest BCUT2D eigenvalue weighted by Crippen LogP contribution is -2.46. The van der Waals surface area contributed by atoms with Gasteiger partial charge in [-0.05, 0) is 32.0 Å². The summed E-state index contributed by atoms with van der Waals surface area (Å²) in [6, 6.07) is 2.76. The summed E-state index contributed by atoms with van der Waals surface area (Å²) in [6.45, 7) is 5.15. The molecule has 1 aromatic carbocycles. The van der Waals surface area contributed by atoms with Gasteiger partial charge in [0.25, 0.3) is 0 Å². The lowest BCUT2D eigenvalue weighted by molar-refractivity contribution is -0.137. The maximum Gasteiger partial charge on any atom is 0.416 e. The van der Waals surface area contributed by atoms with E-state index in [0.29, 0.717) is 35.7 Å². The molecule has 29 heavy (non-hydrogen) atoms. The first-order valence-electron chi connectivity index (χ1n) is 9.02. The molecule has 0 spiro atoms. The highest BCUT2D eigenvalue weighted by Crippen LogP contribution is 2.39. The molecule has 3 aromatic rings. The van der Waals surface area contributed by atoms with Gasteiger partial charge in [-0.3, -0.25) is 0 Å². The number of ether oxygens (including phenoxy) is 1. The van der Waals surface area contributed by atoms with E-state index in [2.05, 4.69) is 20.4 Å². The van der Waals surface area contributed by atoms with E-state index in [1.807, 2.05) is 18.7 Å². The van der Waals surface area contributed by atoms with Crippen molar-refractivity contribution in [1.82, 2.24) is 20.4 Å². The van der Waals surface area contributed by atoms with Crippen molar-refractivity contribution in [3.63, 3.8) is 0 Å². The molecule has 7 nitrogen and oxygen atoms in total. The molecule has 1 saturated heterocycles. The topological polar surface area (TPSA) is 84.3 Å². The fourth-order valence-electron chi connectivity index (χ4n) is 3.58. The number of aromatic nitrogens is 4. The number of hydrogen-bond donors (Lipinski definition) is 1. The summed E-state index contributed by atoms with van der Waals surface area (Å²) >= 11 is 0. The van der Waals surface area contributed by atoms with Gasteiger partial charge >= 0.3 is 6.18 Å². The third-order valence-electron chi connectivity index (χ3n) is 4.77. The molecule has 3 heterocycles. The molecular formula is C19H18F3N5O2. The first kappa shape index (κ1) is 19.3. The molecule has 0 saturated carbocycles. The summed E-state index contributed by atoms with van der Waals surface area (Å²) in [5.41, 5.74) is -0.568. The Morgan fingerprint density at radius 3 is 2.31 bits per heavy atom. The van der Waals surface area contributed by atoms with E-state index in [1.54, 1.807) is 0 Å². The average Bonchev–Trinajstić information content (AvgIpc) is 2.66. The molecule has 0 radical (unpaired) electrons. The predicted octanol–water partition coefficient (Wildman–Crippen LogP) is 3.42. The molecule has 2 atom stereocenters. The van der Waals surface area contributed by atoms with E-state index in [9.17, 15) is 18.3 Å². The Bertz CT molecular complexity index is 1050. The molecule has 10 heteroatoms. The lowest BCUT2D eigenvalue weighted by atomic mass is 10.0. The van der Waals surface area contributed by atoms with Crippen LogP contribution in [0.3, 0.4) is 0 Å². The molecule has 1 fully saturated rings. The predicted molar refractivity (Wildman–Crippen MR) is 99.5 cm³/mol. The Kier molecular flexibility index (Phi) is 4.73. The fraction of sp³-hybridized carbons (Fsp3) is 0.368. The van der Waals surface area contributed by atoms with Gasteiger partial charge in [-0.1, -0.05) is 0 Å². The summed E-state index contributed by atoms with van der Waals surface area (Å²) in [5, 5.41) is 27.7. The van der Waals surface area contributed by atoms with Crippen LogP contribution in [0.1, 0.15) is 19.4 Å². The van der Waals surface area contributed by atoms with Gasteiger partial charge in [-0.2, -0.15) is 23.4 Å². The molecular weight excluding hydrogens is 387 g/mol. The number of halogens is 3. The number of fused-ring (bicyclic) bond motifs is 1. The van der Waals surface area contributed by atoms with Gasteiger partial charge in [0.05, 0.1) is 35.6 Å². The van der Waals surface area contributed by atoms with Crippen LogP contribution in [0.2, 0.25) is 0 Å². The Labute approximate surface area is 164 Å². The van der Waals surface area contributed by atoms with Crippen LogP contribution in [-0.4, -0.2) is 50.8 Å². The number of benzene rings is 1. The molecule has 1 aliphatic rings. The van der Waals surface area contributed by atoms with Crippen LogP contribution in [0.4, 0.5) is 19.0 Å². The number of nitrogens with zero attached hydrogens (tertiary/aromatic N) is 5. The zero-order chi connectivity index (χ0) is 20.8. The summed E-state index contributed by atoms with van der Waals surface area (Å²) in [4.78, 5) is 2.03. The van der Waals surface area contributed by atoms with Crippen molar-refractivity contribution in [1.29, 1.82) is 0 Å². The number of aromatic hydroxyl groups is 1. The Morgan fingerprint density at radius 2 is 1.69 bits per heavy atom. The van der Waals surface area contributed by atoms with Crippen LogP contribution in [0.15, 0.2) is 30.6 Å². The van der Waals surface area contributed by atoms with E-state index < -0.39 is 17.5 Å². The second-order valence-corrected chi connectivity index (χ2v) is 7.08. The van der Waals surface area contributed by atoms with Gasteiger partial charge in [0, 0.05) is 24.0 Å². The summed E-state index contributed by atoms with van der Waals surface area (Å²) in [5.74, 6) is 0.0562. The van der Waals surface area contributed by atoms with E-state index in [0.717, 1.165) is 6.07 Å². The molecule has 2 unspecified atom stereocenters. The zero-order valence-electron chi connectivity index (χ0n) is 15.7. The zero-order valence-corrected chi connectivity index (χ0v) is 15.7. The third kappa shape index (κ3) is 3.67. The lowest BCUT2D eigenvalue weighted by Gasteiger charge is -2.36. The molecule has 2 aromatic heterocycles. The highest BCUT2D eigenvalue weighted by molar-refractivity contribution is 6.00. The molecule has 4 rings (SSSR count). The number of rotatable bonds is 2. The van der Waals surface area contributed by atoms with Crippen molar-refractivity contribution in [2.45, 2.75) is 32.2 Å². The number of phenolic OH excluding ortho intramolecular Hbond substituents is 1. The van der Waals surface area contributed by atoms with E-state index >= 15 is 0 Å². The van der Waals surface area contributed by atoms with Crippen molar-refractivity contribution in [2.75, 3.05) is 18.0 Å². The normalized spacial score (nSPS) is 20.2. The minimum atomic E-state index is -4.55. The molecule has 1 N–H and O–H groups in total. The molecule has 0 amide bonds. The second kappa shape index (κ2) is 7.11. The fourth-order valence-corrected chi connectivity index (χ4v) is 3.58. The number of morpholine rings is 1. The van der Waals surface area contributed by atoms with Gasteiger partial charge in [0.15, 0.2) is 5.82 Å². The summed E-state index contributed by atoms with van der Waals surface area (Å²) < 4.78 is 44.5. The minimum Gasteiger partial charge on any atom is -0.507 e. The van der Waals surface area contributed by atoms with Gasteiger partial charge in [0.1, 0.15) is 11.4 Å². The van der Waals surface area contributed by atoms with Gasteiger partial charge in [0.2, 0.25) is 0 Å². The number of phenols is 1. The molecule has 0 aliphatic carbocycles. The molecule has 1 aliphatic heterocycles. The number of hydrogen-bond acceptors (Lipinski definition) is 7. The van der Waals surface area contributed by atoms with Gasteiger partial charge in [-0.15, -0.1) is 10.2 Å². The smallest absolute Gasteiger partial charge is 0.416 e. The third-order valence-corrected chi connectivity index (χ3v) is 4.77. The largest absolute Gasteiger partial charge is 0.507 e. The minimum absolute atomic E-state index is 0.00373. The van der Waals surface area contributed by atoms with E-state index in [1.165, 1.54) is 18.5 Å². The quantitative estimate of drug-likeness (QED) is 0.699.